The number of fused-ring (bicyclic) bond motifs is 5. The number of carbonyl (C=O) groups is 1. The molecule has 0 bridgehead atoms. The SMILES string of the molecule is CC/C=C\C/C=C\C/C=C\CCCCCCCCCC(=O)OCC1O[C@@H](O[C@H]2CC[C@@]3(C)C(=CC[C@H]4[C@@H]5CC[C@H]([C@H](C)CC[C@@H](CC)C(C)C)[C@@]5(C)CC[C@@H]43)C2)C(O)C(O)[C@@H]1O. The maximum Gasteiger partial charge on any atom is 0.305 e. The van der Waals surface area contributed by atoms with Gasteiger partial charge in [0.1, 0.15) is 31.0 Å². The third-order valence-corrected chi connectivity index (χ3v) is 17.2. The number of aliphatic hydroxyl groups excluding tert-OH is 3. The van der Waals surface area contributed by atoms with Crippen LogP contribution < -0.4 is 0 Å². The van der Waals surface area contributed by atoms with Gasteiger partial charge >= 0.3 is 5.97 Å². The van der Waals surface area contributed by atoms with Crippen molar-refractivity contribution >= 4 is 5.97 Å². The highest BCUT2D eigenvalue weighted by atomic mass is 16.7. The fourth-order valence-electron chi connectivity index (χ4n) is 13.3. The Morgan fingerprint density at radius 1 is 0.806 bits per heavy atom. The van der Waals surface area contributed by atoms with Crippen molar-refractivity contribution in [3.05, 3.63) is 48.1 Å². The Morgan fingerprint density at radius 2 is 1.50 bits per heavy atom. The van der Waals surface area contributed by atoms with E-state index in [4.69, 9.17) is 14.2 Å². The van der Waals surface area contributed by atoms with Gasteiger partial charge in [-0.3, -0.25) is 4.79 Å². The largest absolute Gasteiger partial charge is 0.463 e. The van der Waals surface area contributed by atoms with Crippen molar-refractivity contribution in [2.45, 2.75) is 233 Å². The van der Waals surface area contributed by atoms with Crippen LogP contribution in [0.5, 0.6) is 0 Å². The molecule has 1 saturated heterocycles. The van der Waals surface area contributed by atoms with Crippen LogP contribution in [0.1, 0.15) is 196 Å². The summed E-state index contributed by atoms with van der Waals surface area (Å²) in [6, 6.07) is 0. The minimum absolute atomic E-state index is 0.146. The van der Waals surface area contributed by atoms with Crippen molar-refractivity contribution < 1.29 is 34.3 Å². The van der Waals surface area contributed by atoms with Crippen molar-refractivity contribution in [1.82, 2.24) is 0 Å². The predicted octanol–water partition coefficient (Wildman–Crippen LogP) is 12.8. The Kier molecular flexibility index (Phi) is 20.8. The van der Waals surface area contributed by atoms with Gasteiger partial charge in [-0.25, -0.2) is 0 Å². The van der Waals surface area contributed by atoms with Gasteiger partial charge in [0.05, 0.1) is 6.10 Å². The zero-order valence-corrected chi connectivity index (χ0v) is 40.5. The highest BCUT2D eigenvalue weighted by Gasteiger charge is 2.59. The molecule has 5 rings (SSSR count). The summed E-state index contributed by atoms with van der Waals surface area (Å²) in [5.41, 5.74) is 2.11. The van der Waals surface area contributed by atoms with E-state index in [2.05, 4.69) is 91.0 Å². The summed E-state index contributed by atoms with van der Waals surface area (Å²) in [5.74, 6) is 5.20. The average molecular weight is 865 g/mol. The van der Waals surface area contributed by atoms with Crippen LogP contribution in [0.25, 0.3) is 0 Å². The zero-order valence-electron chi connectivity index (χ0n) is 40.5. The summed E-state index contributed by atoms with van der Waals surface area (Å²) in [6.45, 7) is 16.9. The number of hydrogen-bond donors (Lipinski definition) is 3. The van der Waals surface area contributed by atoms with E-state index < -0.39 is 30.7 Å². The van der Waals surface area contributed by atoms with Crippen LogP contribution in [-0.2, 0) is 19.0 Å². The smallest absolute Gasteiger partial charge is 0.305 e. The zero-order chi connectivity index (χ0) is 44.7. The molecule has 62 heavy (non-hydrogen) atoms. The number of rotatable bonds is 25. The van der Waals surface area contributed by atoms with Crippen LogP contribution in [0, 0.1) is 52.3 Å². The van der Waals surface area contributed by atoms with E-state index in [9.17, 15) is 20.1 Å². The molecule has 0 spiro atoms. The normalized spacial score (nSPS) is 35.9. The first-order chi connectivity index (χ1) is 29.8. The molecule has 4 aliphatic carbocycles. The molecule has 3 N–H and O–H groups in total. The fraction of sp³-hybridized carbons (Fsp3) is 0.836. The molecule has 0 aromatic carbocycles. The van der Waals surface area contributed by atoms with Gasteiger partial charge < -0.3 is 29.5 Å². The number of allylic oxidation sites excluding steroid dienone is 7. The second kappa shape index (κ2) is 25.2. The number of aliphatic hydroxyl groups is 3. The molecular formula is C55H92O7. The first kappa shape index (κ1) is 51.2. The van der Waals surface area contributed by atoms with Crippen LogP contribution in [0.15, 0.2) is 48.1 Å². The van der Waals surface area contributed by atoms with Gasteiger partial charge in [-0.05, 0) is 149 Å². The van der Waals surface area contributed by atoms with Crippen molar-refractivity contribution in [2.24, 2.45) is 52.3 Å². The van der Waals surface area contributed by atoms with Gasteiger partial charge in [0, 0.05) is 6.42 Å². The van der Waals surface area contributed by atoms with Crippen LogP contribution in [0.2, 0.25) is 0 Å². The van der Waals surface area contributed by atoms with Gasteiger partial charge in [0.2, 0.25) is 0 Å². The van der Waals surface area contributed by atoms with Crippen molar-refractivity contribution in [1.29, 1.82) is 0 Å². The highest BCUT2D eigenvalue weighted by Crippen LogP contribution is 2.67. The summed E-state index contributed by atoms with van der Waals surface area (Å²) < 4.78 is 18.1. The lowest BCUT2D eigenvalue weighted by Gasteiger charge is -2.58. The van der Waals surface area contributed by atoms with Crippen molar-refractivity contribution in [2.75, 3.05) is 6.61 Å². The topological polar surface area (TPSA) is 105 Å². The van der Waals surface area contributed by atoms with Gasteiger partial charge in [0.15, 0.2) is 6.29 Å². The standard InChI is InChI=1S/C55H92O7/c1-8-10-11-12-13-14-15-16-17-18-19-20-21-22-23-24-25-26-49(56)60-38-48-50(57)51(58)52(59)53(62-48)61-43-33-35-54(6)42(37-43)29-30-44-46-32-31-45(55(46,7)36-34-47(44)54)40(5)27-28-41(9-2)39(3)4/h10-11,13-14,16-17,29,39-41,43-48,50-53,57-59H,8-9,12,15,18-28,30-38H2,1-7H3/b11-10-,14-13-,17-16-/t40-,41-,43+,44+,45-,46+,47+,48?,50-,51?,52?,53-,54+,55-/m1/s1. The van der Waals surface area contributed by atoms with Gasteiger partial charge in [-0.1, -0.05) is 142 Å². The van der Waals surface area contributed by atoms with E-state index in [0.29, 0.717) is 17.8 Å². The summed E-state index contributed by atoms with van der Waals surface area (Å²) in [4.78, 5) is 12.6. The Morgan fingerprint density at radius 3 is 2.21 bits per heavy atom. The van der Waals surface area contributed by atoms with Gasteiger partial charge in [-0.15, -0.1) is 0 Å². The number of ether oxygens (including phenoxy) is 3. The number of hydrogen-bond acceptors (Lipinski definition) is 7. The molecule has 354 valence electrons. The number of unbranched alkanes of at least 4 members (excludes halogenated alkanes) is 7. The maximum absolute atomic E-state index is 12.6. The number of esters is 1. The van der Waals surface area contributed by atoms with Crippen LogP contribution in [0.4, 0.5) is 0 Å². The molecule has 1 heterocycles. The van der Waals surface area contributed by atoms with Crippen molar-refractivity contribution in [3.8, 4) is 0 Å². The molecule has 7 heteroatoms. The lowest BCUT2D eigenvalue weighted by atomic mass is 9.47. The lowest BCUT2D eigenvalue weighted by molar-refractivity contribution is -0.313. The second-order valence-electron chi connectivity index (χ2n) is 21.5. The Balaban J connectivity index is 1.00. The van der Waals surface area contributed by atoms with E-state index in [1.165, 1.54) is 76.2 Å². The van der Waals surface area contributed by atoms with Crippen molar-refractivity contribution in [3.63, 3.8) is 0 Å². The molecule has 4 fully saturated rings. The first-order valence-electron chi connectivity index (χ1n) is 26.0. The summed E-state index contributed by atoms with van der Waals surface area (Å²) >= 11 is 0. The Hall–Kier alpha value is -1.77. The van der Waals surface area contributed by atoms with Crippen LogP contribution in [-0.4, -0.2) is 64.7 Å². The van der Waals surface area contributed by atoms with E-state index in [1.807, 2.05) is 0 Å². The summed E-state index contributed by atoms with van der Waals surface area (Å²) in [7, 11) is 0. The quantitative estimate of drug-likeness (QED) is 0.0477. The molecule has 0 aromatic rings. The second-order valence-corrected chi connectivity index (χ2v) is 21.5. The molecule has 0 radical (unpaired) electrons. The molecular weight excluding hydrogens is 773 g/mol. The fourth-order valence-corrected chi connectivity index (χ4v) is 13.3. The maximum atomic E-state index is 12.6. The molecule has 7 nitrogen and oxygen atoms in total. The molecule has 0 aromatic heterocycles. The van der Waals surface area contributed by atoms with E-state index in [0.717, 1.165) is 106 Å². The van der Waals surface area contributed by atoms with Crippen LogP contribution in [0.3, 0.4) is 0 Å². The summed E-state index contributed by atoms with van der Waals surface area (Å²) in [5, 5.41) is 32.6. The molecule has 3 saturated carbocycles. The van der Waals surface area contributed by atoms with Gasteiger partial charge in [0.25, 0.3) is 0 Å². The third-order valence-electron chi connectivity index (χ3n) is 17.2. The molecule has 3 unspecified atom stereocenters. The van der Waals surface area contributed by atoms with E-state index in [-0.39, 0.29) is 24.1 Å². The number of carbonyl (C=O) groups excluding carboxylic acids is 1. The highest BCUT2D eigenvalue weighted by molar-refractivity contribution is 5.69. The predicted molar refractivity (Wildman–Crippen MR) is 253 cm³/mol. The molecule has 0 amide bonds. The minimum atomic E-state index is -1.45. The van der Waals surface area contributed by atoms with E-state index in [1.54, 1.807) is 0 Å². The molecule has 14 atom stereocenters. The lowest BCUT2D eigenvalue weighted by Crippen LogP contribution is -2.60. The molecule has 5 aliphatic rings. The third kappa shape index (κ3) is 13.4. The Labute approximate surface area is 379 Å². The van der Waals surface area contributed by atoms with Crippen LogP contribution >= 0.6 is 0 Å². The van der Waals surface area contributed by atoms with Gasteiger partial charge in [-0.2, -0.15) is 0 Å². The first-order valence-corrected chi connectivity index (χ1v) is 26.0. The Bertz CT molecular complexity index is 1450. The average Bonchev–Trinajstić information content (AvgIpc) is 3.62. The monoisotopic (exact) mass is 865 g/mol. The molecule has 1 aliphatic heterocycles. The minimum Gasteiger partial charge on any atom is -0.463 e. The van der Waals surface area contributed by atoms with E-state index >= 15 is 0 Å². The summed E-state index contributed by atoms with van der Waals surface area (Å²) in [6.07, 6.45) is 35.2.